The number of halogens is 1. The van der Waals surface area contributed by atoms with E-state index in [-0.39, 0.29) is 5.82 Å². The summed E-state index contributed by atoms with van der Waals surface area (Å²) in [4.78, 5) is 24.6. The van der Waals surface area contributed by atoms with Crippen molar-refractivity contribution in [1.82, 2.24) is 4.98 Å². The van der Waals surface area contributed by atoms with E-state index in [1.807, 2.05) is 0 Å². The monoisotopic (exact) mass is 257 g/mol. The number of anilines is 1. The third-order valence-electron chi connectivity index (χ3n) is 1.65. The Balaban J connectivity index is 2.91. The summed E-state index contributed by atoms with van der Waals surface area (Å²) in [5.41, 5.74) is -1.39. The first-order valence-corrected chi connectivity index (χ1v) is 4.99. The smallest absolute Gasteiger partial charge is 0.413 e. The third kappa shape index (κ3) is 3.96. The summed E-state index contributed by atoms with van der Waals surface area (Å²) in [7, 11) is 0. The van der Waals surface area contributed by atoms with Crippen LogP contribution in [0.25, 0.3) is 0 Å². The van der Waals surface area contributed by atoms with E-state index in [1.54, 1.807) is 20.8 Å². The fourth-order valence-electron chi connectivity index (χ4n) is 1.06. The number of carbonyl (C=O) groups excluding carboxylic acids is 1. The lowest BCUT2D eigenvalue weighted by molar-refractivity contribution is -0.384. The molecule has 7 nitrogen and oxygen atoms in total. The van der Waals surface area contributed by atoms with E-state index in [2.05, 4.69) is 10.3 Å². The Labute approximate surface area is 102 Å². The summed E-state index contributed by atoms with van der Waals surface area (Å²) in [6.07, 6.45) is -0.135. The van der Waals surface area contributed by atoms with Gasteiger partial charge in [-0.05, 0) is 20.8 Å². The van der Waals surface area contributed by atoms with E-state index >= 15 is 0 Å². The number of ether oxygens (including phenoxy) is 1. The van der Waals surface area contributed by atoms with Crippen LogP contribution in [0.1, 0.15) is 20.8 Å². The van der Waals surface area contributed by atoms with Crippen LogP contribution in [0.4, 0.5) is 20.7 Å². The molecule has 1 rings (SSSR count). The van der Waals surface area contributed by atoms with Gasteiger partial charge in [-0.3, -0.25) is 15.4 Å². The van der Waals surface area contributed by atoms with Gasteiger partial charge < -0.3 is 4.74 Å². The van der Waals surface area contributed by atoms with Gasteiger partial charge in [0.1, 0.15) is 11.4 Å². The van der Waals surface area contributed by atoms with Crippen molar-refractivity contribution >= 4 is 17.6 Å². The first-order valence-electron chi connectivity index (χ1n) is 4.99. The van der Waals surface area contributed by atoms with Gasteiger partial charge in [0.15, 0.2) is 0 Å². The largest absolute Gasteiger partial charge is 0.444 e. The quantitative estimate of drug-likeness (QED) is 0.648. The molecule has 0 aliphatic carbocycles. The molecule has 1 amide bonds. The lowest BCUT2D eigenvalue weighted by Gasteiger charge is -2.19. The van der Waals surface area contributed by atoms with Crippen LogP contribution in [-0.4, -0.2) is 21.6 Å². The molecule has 0 saturated heterocycles. The maximum Gasteiger partial charge on any atom is 0.413 e. The standard InChI is InChI=1S/C10H12FN3O4/c1-10(2,3)18-9(15)13-8-7(14(16)17)4-6(11)5-12-8/h4-5H,1-3H3,(H,12,13,15). The molecule has 0 saturated carbocycles. The highest BCUT2D eigenvalue weighted by Crippen LogP contribution is 2.22. The summed E-state index contributed by atoms with van der Waals surface area (Å²) in [5, 5.41) is 12.7. The summed E-state index contributed by atoms with van der Waals surface area (Å²) >= 11 is 0. The second-order valence-electron chi connectivity index (χ2n) is 4.41. The van der Waals surface area contributed by atoms with Crippen molar-refractivity contribution in [2.75, 3.05) is 5.32 Å². The maximum absolute atomic E-state index is 12.8. The number of carbonyl (C=O) groups is 1. The second-order valence-corrected chi connectivity index (χ2v) is 4.41. The van der Waals surface area contributed by atoms with Crippen LogP contribution in [0.3, 0.4) is 0 Å². The van der Waals surface area contributed by atoms with E-state index in [1.165, 1.54) is 0 Å². The molecule has 0 unspecified atom stereocenters. The van der Waals surface area contributed by atoms with Crippen LogP contribution in [0.2, 0.25) is 0 Å². The van der Waals surface area contributed by atoms with Crippen molar-refractivity contribution in [3.8, 4) is 0 Å². The number of nitro groups is 1. The van der Waals surface area contributed by atoms with Crippen molar-refractivity contribution in [1.29, 1.82) is 0 Å². The zero-order valence-electron chi connectivity index (χ0n) is 10.1. The maximum atomic E-state index is 12.8. The molecule has 1 aromatic rings. The summed E-state index contributed by atoms with van der Waals surface area (Å²) in [6, 6.07) is 0.666. The molecule has 18 heavy (non-hydrogen) atoms. The van der Waals surface area contributed by atoms with Crippen molar-refractivity contribution in [3.63, 3.8) is 0 Å². The van der Waals surface area contributed by atoms with Crippen molar-refractivity contribution in [3.05, 3.63) is 28.2 Å². The van der Waals surface area contributed by atoms with Crippen LogP contribution in [0.5, 0.6) is 0 Å². The molecule has 1 heterocycles. The number of hydrogen-bond donors (Lipinski definition) is 1. The fraction of sp³-hybridized carbons (Fsp3) is 0.400. The molecular weight excluding hydrogens is 245 g/mol. The van der Waals surface area contributed by atoms with Gasteiger partial charge in [0.2, 0.25) is 5.82 Å². The normalized spacial score (nSPS) is 10.9. The molecule has 0 atom stereocenters. The van der Waals surface area contributed by atoms with Crippen LogP contribution >= 0.6 is 0 Å². The Morgan fingerprint density at radius 1 is 1.56 bits per heavy atom. The molecule has 0 spiro atoms. The van der Waals surface area contributed by atoms with Crippen LogP contribution < -0.4 is 5.32 Å². The molecule has 98 valence electrons. The van der Waals surface area contributed by atoms with E-state index in [0.717, 1.165) is 6.20 Å². The highest BCUT2D eigenvalue weighted by molar-refractivity contribution is 5.86. The zero-order valence-corrected chi connectivity index (χ0v) is 10.1. The predicted octanol–water partition coefficient (Wildman–Crippen LogP) is 2.48. The zero-order chi connectivity index (χ0) is 13.9. The first kappa shape index (κ1) is 13.8. The number of pyridine rings is 1. The molecule has 1 aromatic heterocycles. The van der Waals surface area contributed by atoms with Gasteiger partial charge in [0.05, 0.1) is 17.2 Å². The molecular formula is C10H12FN3O4. The lowest BCUT2D eigenvalue weighted by Crippen LogP contribution is -2.27. The van der Waals surface area contributed by atoms with Gasteiger partial charge in [0.25, 0.3) is 0 Å². The van der Waals surface area contributed by atoms with E-state index in [9.17, 15) is 19.3 Å². The van der Waals surface area contributed by atoms with Gasteiger partial charge >= 0.3 is 11.8 Å². The van der Waals surface area contributed by atoms with Gasteiger partial charge in [-0.25, -0.2) is 14.2 Å². The Morgan fingerprint density at radius 2 is 2.17 bits per heavy atom. The molecule has 0 aliphatic heterocycles. The van der Waals surface area contributed by atoms with Gasteiger partial charge in [0, 0.05) is 0 Å². The average Bonchev–Trinajstić information content (AvgIpc) is 2.17. The van der Waals surface area contributed by atoms with E-state index in [4.69, 9.17) is 4.74 Å². The van der Waals surface area contributed by atoms with Crippen LogP contribution in [0.15, 0.2) is 12.3 Å². The predicted molar refractivity (Wildman–Crippen MR) is 60.7 cm³/mol. The van der Waals surface area contributed by atoms with Gasteiger partial charge in [-0.2, -0.15) is 0 Å². The minimum absolute atomic E-state index is 0.365. The van der Waals surface area contributed by atoms with Gasteiger partial charge in [-0.15, -0.1) is 0 Å². The molecule has 0 radical (unpaired) electrons. The molecule has 1 N–H and O–H groups in total. The molecule has 0 aromatic carbocycles. The molecule has 8 heteroatoms. The van der Waals surface area contributed by atoms with E-state index < -0.39 is 28.1 Å². The molecule has 0 fully saturated rings. The van der Waals surface area contributed by atoms with Crippen LogP contribution in [0, 0.1) is 15.9 Å². The Morgan fingerprint density at radius 3 is 2.67 bits per heavy atom. The Hall–Kier alpha value is -2.25. The van der Waals surface area contributed by atoms with Gasteiger partial charge in [-0.1, -0.05) is 0 Å². The first-order chi connectivity index (χ1) is 8.19. The highest BCUT2D eigenvalue weighted by Gasteiger charge is 2.22. The highest BCUT2D eigenvalue weighted by atomic mass is 19.1. The number of nitrogens with one attached hydrogen (secondary N) is 1. The van der Waals surface area contributed by atoms with Crippen molar-refractivity contribution < 1.29 is 18.8 Å². The SMILES string of the molecule is CC(C)(C)OC(=O)Nc1ncc(F)cc1[N+](=O)[O-]. The Bertz CT molecular complexity index is 485. The number of aromatic nitrogens is 1. The number of hydrogen-bond acceptors (Lipinski definition) is 5. The molecule has 0 aliphatic rings. The van der Waals surface area contributed by atoms with Crippen molar-refractivity contribution in [2.45, 2.75) is 26.4 Å². The van der Waals surface area contributed by atoms with E-state index in [0.29, 0.717) is 6.07 Å². The summed E-state index contributed by atoms with van der Waals surface area (Å²) in [5.74, 6) is -1.23. The minimum Gasteiger partial charge on any atom is -0.444 e. The summed E-state index contributed by atoms with van der Waals surface area (Å²) < 4.78 is 17.7. The summed E-state index contributed by atoms with van der Waals surface area (Å²) in [6.45, 7) is 4.91. The lowest BCUT2D eigenvalue weighted by atomic mass is 10.2. The second kappa shape index (κ2) is 4.94. The average molecular weight is 257 g/mol. The third-order valence-corrected chi connectivity index (χ3v) is 1.65. The van der Waals surface area contributed by atoms with Crippen molar-refractivity contribution in [2.24, 2.45) is 0 Å². The minimum atomic E-state index is -0.898. The fourth-order valence-corrected chi connectivity index (χ4v) is 1.06. The number of amides is 1. The number of nitrogens with zero attached hydrogens (tertiary/aromatic N) is 2. The topological polar surface area (TPSA) is 94.4 Å². The molecule has 0 bridgehead atoms. The number of rotatable bonds is 2. The Kier molecular flexibility index (Phi) is 3.79. The van der Waals surface area contributed by atoms with Crippen LogP contribution in [-0.2, 0) is 4.74 Å².